The van der Waals surface area contributed by atoms with Gasteiger partial charge in [0.1, 0.15) is 6.04 Å². The van der Waals surface area contributed by atoms with Crippen LogP contribution < -0.4 is 0 Å². The van der Waals surface area contributed by atoms with Crippen LogP contribution in [0.5, 0.6) is 0 Å². The summed E-state index contributed by atoms with van der Waals surface area (Å²) in [5, 5.41) is 13.6. The maximum atomic E-state index is 11.5. The minimum Gasteiger partial charge on any atom is -0.480 e. The van der Waals surface area contributed by atoms with E-state index in [1.807, 2.05) is 19.4 Å². The average molecular weight is 263 g/mol. The fraction of sp³-hybridized carbons (Fsp3) is 0.714. The van der Waals surface area contributed by atoms with Crippen LogP contribution in [0.2, 0.25) is 0 Å². The standard InChI is InChI=1S/C14H21N3O2/c1-16-8-10(7-15-16)9-17-12-5-3-2-4-11(12)6-13(17)14(18)19/h7-8,11-13H,2-6,9H2,1H3,(H,18,19). The largest absolute Gasteiger partial charge is 0.480 e. The quantitative estimate of drug-likeness (QED) is 0.900. The van der Waals surface area contributed by atoms with Gasteiger partial charge in [0.05, 0.1) is 6.20 Å². The summed E-state index contributed by atoms with van der Waals surface area (Å²) in [5.41, 5.74) is 1.11. The summed E-state index contributed by atoms with van der Waals surface area (Å²) in [6.07, 6.45) is 9.47. The molecule has 5 heteroatoms. The van der Waals surface area contributed by atoms with Crippen LogP contribution in [0, 0.1) is 5.92 Å². The Balaban J connectivity index is 1.80. The van der Waals surface area contributed by atoms with Crippen LogP contribution >= 0.6 is 0 Å². The molecular formula is C14H21N3O2. The number of aromatic nitrogens is 2. The molecule has 0 radical (unpaired) electrons. The van der Waals surface area contributed by atoms with E-state index in [-0.39, 0.29) is 6.04 Å². The predicted molar refractivity (Wildman–Crippen MR) is 70.5 cm³/mol. The molecule has 1 N–H and O–H groups in total. The summed E-state index contributed by atoms with van der Waals surface area (Å²) >= 11 is 0. The molecule has 104 valence electrons. The molecule has 3 atom stereocenters. The number of aliphatic carboxylic acids is 1. The Kier molecular flexibility index (Phi) is 3.31. The fourth-order valence-electron chi connectivity index (χ4n) is 3.79. The molecule has 0 spiro atoms. The van der Waals surface area contributed by atoms with Crippen LogP contribution in [0.4, 0.5) is 0 Å². The third-order valence-corrected chi connectivity index (χ3v) is 4.63. The zero-order valence-corrected chi connectivity index (χ0v) is 11.3. The highest BCUT2D eigenvalue weighted by atomic mass is 16.4. The van der Waals surface area contributed by atoms with Crippen LogP contribution in [-0.2, 0) is 18.4 Å². The molecule has 3 rings (SSSR count). The van der Waals surface area contributed by atoms with Crippen LogP contribution in [0.15, 0.2) is 12.4 Å². The number of carboxylic acids is 1. The van der Waals surface area contributed by atoms with Crippen LogP contribution in [0.3, 0.4) is 0 Å². The highest BCUT2D eigenvalue weighted by Gasteiger charge is 2.44. The molecule has 3 unspecified atom stereocenters. The predicted octanol–water partition coefficient (Wildman–Crippen LogP) is 1.64. The minimum atomic E-state index is -0.668. The van der Waals surface area contributed by atoms with Crippen molar-refractivity contribution in [2.75, 3.05) is 0 Å². The lowest BCUT2D eigenvalue weighted by Crippen LogP contribution is -2.41. The highest BCUT2D eigenvalue weighted by Crippen LogP contribution is 2.40. The summed E-state index contributed by atoms with van der Waals surface area (Å²) in [6.45, 7) is 0.714. The topological polar surface area (TPSA) is 58.4 Å². The van der Waals surface area contributed by atoms with Gasteiger partial charge in [-0.1, -0.05) is 12.8 Å². The number of hydrogen-bond acceptors (Lipinski definition) is 3. The van der Waals surface area contributed by atoms with Crippen molar-refractivity contribution < 1.29 is 9.90 Å². The summed E-state index contributed by atoms with van der Waals surface area (Å²) in [6, 6.07) is 0.142. The van der Waals surface area contributed by atoms with Crippen molar-refractivity contribution in [1.29, 1.82) is 0 Å². The van der Waals surface area contributed by atoms with E-state index < -0.39 is 5.97 Å². The van der Waals surface area contributed by atoms with Crippen LogP contribution in [0.25, 0.3) is 0 Å². The summed E-state index contributed by atoms with van der Waals surface area (Å²) < 4.78 is 1.78. The second kappa shape index (κ2) is 4.96. The fourth-order valence-corrected chi connectivity index (χ4v) is 3.79. The third kappa shape index (κ3) is 2.39. The van der Waals surface area contributed by atoms with E-state index in [1.165, 1.54) is 19.3 Å². The number of carbonyl (C=O) groups is 1. The van der Waals surface area contributed by atoms with Crippen molar-refractivity contribution in [2.24, 2.45) is 13.0 Å². The number of rotatable bonds is 3. The van der Waals surface area contributed by atoms with Crippen LogP contribution in [0.1, 0.15) is 37.7 Å². The number of fused-ring (bicyclic) bond motifs is 1. The lowest BCUT2D eigenvalue weighted by molar-refractivity contribution is -0.142. The number of aryl methyl sites for hydroxylation is 1. The number of likely N-dealkylation sites (tertiary alicyclic amines) is 1. The Morgan fingerprint density at radius 3 is 2.95 bits per heavy atom. The van der Waals surface area contributed by atoms with Gasteiger partial charge in [0.25, 0.3) is 0 Å². The molecule has 0 aromatic carbocycles. The molecule has 1 aliphatic heterocycles. The molecule has 1 aliphatic carbocycles. The van der Waals surface area contributed by atoms with E-state index in [2.05, 4.69) is 10.00 Å². The van der Waals surface area contributed by atoms with E-state index in [9.17, 15) is 9.90 Å². The van der Waals surface area contributed by atoms with Gasteiger partial charge in [-0.3, -0.25) is 14.4 Å². The Labute approximate surface area is 113 Å². The molecule has 1 aromatic heterocycles. The van der Waals surface area contributed by atoms with E-state index >= 15 is 0 Å². The van der Waals surface area contributed by atoms with E-state index in [1.54, 1.807) is 4.68 Å². The number of carboxylic acid groups (broad SMARTS) is 1. The van der Waals surface area contributed by atoms with Gasteiger partial charge in [0.2, 0.25) is 0 Å². The monoisotopic (exact) mass is 263 g/mol. The first-order valence-corrected chi connectivity index (χ1v) is 7.11. The lowest BCUT2D eigenvalue weighted by Gasteiger charge is -2.32. The second-order valence-corrected chi connectivity index (χ2v) is 5.90. The Hall–Kier alpha value is -1.36. The molecule has 2 aliphatic rings. The van der Waals surface area contributed by atoms with Gasteiger partial charge in [-0.05, 0) is 25.2 Å². The van der Waals surface area contributed by atoms with Gasteiger partial charge in [0.15, 0.2) is 0 Å². The van der Waals surface area contributed by atoms with Crippen molar-refractivity contribution in [3.05, 3.63) is 18.0 Å². The number of nitrogens with zero attached hydrogens (tertiary/aromatic N) is 3. The number of hydrogen-bond donors (Lipinski definition) is 1. The van der Waals surface area contributed by atoms with Crippen LogP contribution in [-0.4, -0.2) is 37.8 Å². The molecule has 1 aromatic rings. The van der Waals surface area contributed by atoms with Gasteiger partial charge >= 0.3 is 5.97 Å². The Bertz CT molecular complexity index is 471. The molecule has 2 heterocycles. The normalized spacial score (nSPS) is 31.3. The van der Waals surface area contributed by atoms with Crippen molar-refractivity contribution in [3.8, 4) is 0 Å². The van der Waals surface area contributed by atoms with Gasteiger partial charge < -0.3 is 5.11 Å². The molecular weight excluding hydrogens is 242 g/mol. The molecule has 5 nitrogen and oxygen atoms in total. The average Bonchev–Trinajstić information content (AvgIpc) is 2.95. The zero-order chi connectivity index (χ0) is 13.4. The van der Waals surface area contributed by atoms with Gasteiger partial charge in [-0.2, -0.15) is 5.10 Å². The smallest absolute Gasteiger partial charge is 0.320 e. The Morgan fingerprint density at radius 1 is 1.47 bits per heavy atom. The molecule has 1 saturated carbocycles. The summed E-state index contributed by atoms with van der Waals surface area (Å²) in [4.78, 5) is 13.7. The Morgan fingerprint density at radius 2 is 2.26 bits per heavy atom. The SMILES string of the molecule is Cn1cc(CN2C(C(=O)O)CC3CCCCC32)cn1. The van der Waals surface area contributed by atoms with E-state index in [0.29, 0.717) is 18.5 Å². The molecule has 1 saturated heterocycles. The van der Waals surface area contributed by atoms with Gasteiger partial charge in [0, 0.05) is 31.4 Å². The third-order valence-electron chi connectivity index (χ3n) is 4.63. The first-order valence-electron chi connectivity index (χ1n) is 7.11. The van der Waals surface area contributed by atoms with Gasteiger partial charge in [-0.25, -0.2) is 0 Å². The first-order chi connectivity index (χ1) is 9.15. The maximum Gasteiger partial charge on any atom is 0.320 e. The molecule has 19 heavy (non-hydrogen) atoms. The lowest BCUT2D eigenvalue weighted by atomic mass is 9.85. The minimum absolute atomic E-state index is 0.312. The molecule has 2 fully saturated rings. The zero-order valence-electron chi connectivity index (χ0n) is 11.3. The summed E-state index contributed by atoms with van der Waals surface area (Å²) in [7, 11) is 1.89. The maximum absolute atomic E-state index is 11.5. The van der Waals surface area contributed by atoms with E-state index in [0.717, 1.165) is 18.4 Å². The van der Waals surface area contributed by atoms with Crippen molar-refractivity contribution in [3.63, 3.8) is 0 Å². The van der Waals surface area contributed by atoms with Crippen molar-refractivity contribution in [1.82, 2.24) is 14.7 Å². The van der Waals surface area contributed by atoms with Crippen molar-refractivity contribution in [2.45, 2.75) is 50.7 Å². The first kappa shape index (κ1) is 12.7. The second-order valence-electron chi connectivity index (χ2n) is 5.90. The van der Waals surface area contributed by atoms with E-state index in [4.69, 9.17) is 0 Å². The molecule has 0 amide bonds. The summed E-state index contributed by atoms with van der Waals surface area (Å²) in [5.74, 6) is -0.0928. The molecule has 0 bridgehead atoms. The van der Waals surface area contributed by atoms with Crippen molar-refractivity contribution >= 4 is 5.97 Å². The van der Waals surface area contributed by atoms with Gasteiger partial charge in [-0.15, -0.1) is 0 Å². The highest BCUT2D eigenvalue weighted by molar-refractivity contribution is 5.74.